The Balaban J connectivity index is 1.90. The minimum absolute atomic E-state index is 0.0279. The van der Waals surface area contributed by atoms with Crippen LogP contribution in [0.25, 0.3) is 6.08 Å². The summed E-state index contributed by atoms with van der Waals surface area (Å²) >= 11 is 6.42. The highest BCUT2D eigenvalue weighted by molar-refractivity contribution is 7.85. The molecule has 208 valence electrons. The highest BCUT2D eigenvalue weighted by Gasteiger charge is 2.36. The quantitative estimate of drug-likeness (QED) is 0.271. The molecule has 1 aliphatic heterocycles. The summed E-state index contributed by atoms with van der Waals surface area (Å²) in [4.78, 5) is 19.1. The molecule has 1 atom stereocenters. The lowest BCUT2D eigenvalue weighted by Crippen LogP contribution is -2.43. The number of hydrogen-bond acceptors (Lipinski definition) is 6. The Morgan fingerprint density at radius 1 is 1.26 bits per heavy atom. The number of benzene rings is 1. The summed E-state index contributed by atoms with van der Waals surface area (Å²) in [7, 11) is -3.48. The number of likely N-dealkylation sites (tertiary alicyclic amines) is 1. The minimum atomic E-state index is -3.48. The summed E-state index contributed by atoms with van der Waals surface area (Å²) in [5, 5.41) is 0.639. The standard InChI is InChI=1S/C29H39ClN2O5S/c1-7-31-27-20(2)17-21(9-8-16-36-38(6,34)35)18-23-19-24(30)10-11-25(23)26(27)22-12-14-32(15-13-22)28(33)37-29(3,4)5/h7,10-11,18-19,22,26H,1-2,8-9,12-17H2,3-6H3/b21-18-,31-27?. The first-order chi connectivity index (χ1) is 17.8. The normalized spacial score (nSPS) is 21.8. The maximum Gasteiger partial charge on any atom is 0.410 e. The van der Waals surface area contributed by atoms with Gasteiger partial charge < -0.3 is 9.64 Å². The maximum atomic E-state index is 12.6. The average molecular weight is 563 g/mol. The number of aliphatic imine (C=N–C) groups is 1. The van der Waals surface area contributed by atoms with Crippen LogP contribution in [0.15, 0.2) is 53.7 Å². The summed E-state index contributed by atoms with van der Waals surface area (Å²) in [5.74, 6) is 0.210. The maximum absolute atomic E-state index is 12.6. The minimum Gasteiger partial charge on any atom is -0.444 e. The van der Waals surface area contributed by atoms with Gasteiger partial charge in [-0.1, -0.05) is 42.5 Å². The Labute approximate surface area is 232 Å². The van der Waals surface area contributed by atoms with E-state index in [0.29, 0.717) is 37.4 Å². The van der Waals surface area contributed by atoms with Crippen molar-refractivity contribution >= 4 is 39.6 Å². The van der Waals surface area contributed by atoms with Gasteiger partial charge in [0.2, 0.25) is 0 Å². The van der Waals surface area contributed by atoms with Gasteiger partial charge in [0.1, 0.15) is 5.60 Å². The lowest BCUT2D eigenvalue weighted by Gasteiger charge is -2.38. The number of piperidine rings is 1. The van der Waals surface area contributed by atoms with Crippen molar-refractivity contribution in [2.75, 3.05) is 26.0 Å². The third-order valence-corrected chi connectivity index (χ3v) is 7.50. The lowest BCUT2D eigenvalue weighted by atomic mass is 9.72. The second kappa shape index (κ2) is 12.6. The Morgan fingerprint density at radius 3 is 2.55 bits per heavy atom. The van der Waals surface area contributed by atoms with Crippen LogP contribution in [-0.2, 0) is 19.0 Å². The third kappa shape index (κ3) is 8.55. The molecule has 1 aliphatic carbocycles. The van der Waals surface area contributed by atoms with Crippen molar-refractivity contribution in [1.82, 2.24) is 4.90 Å². The van der Waals surface area contributed by atoms with E-state index in [4.69, 9.17) is 25.5 Å². The summed E-state index contributed by atoms with van der Waals surface area (Å²) in [6, 6.07) is 5.92. The molecule has 1 unspecified atom stereocenters. The second-order valence-corrected chi connectivity index (χ2v) is 13.0. The van der Waals surface area contributed by atoms with Crippen LogP contribution in [0.3, 0.4) is 0 Å². The molecule has 0 saturated carbocycles. The highest BCUT2D eigenvalue weighted by atomic mass is 35.5. The number of ether oxygens (including phenoxy) is 1. The monoisotopic (exact) mass is 562 g/mol. The Hall–Kier alpha value is -2.42. The lowest BCUT2D eigenvalue weighted by molar-refractivity contribution is 0.0181. The fourth-order valence-electron chi connectivity index (χ4n) is 5.12. The molecule has 9 heteroatoms. The number of carbonyl (C=O) groups excluding carboxylic acids is 1. The molecule has 0 N–H and O–H groups in total. The van der Waals surface area contributed by atoms with Gasteiger partial charge in [0.15, 0.2) is 0 Å². The van der Waals surface area contributed by atoms with Crippen LogP contribution >= 0.6 is 11.6 Å². The van der Waals surface area contributed by atoms with E-state index in [2.05, 4.69) is 25.3 Å². The van der Waals surface area contributed by atoms with Gasteiger partial charge in [0, 0.05) is 30.2 Å². The highest BCUT2D eigenvalue weighted by Crippen LogP contribution is 2.42. The second-order valence-electron chi connectivity index (χ2n) is 11.0. The van der Waals surface area contributed by atoms with Crippen molar-refractivity contribution in [3.8, 4) is 0 Å². The van der Waals surface area contributed by atoms with Crippen LogP contribution in [0.4, 0.5) is 4.79 Å². The molecule has 1 heterocycles. The van der Waals surface area contributed by atoms with Crippen molar-refractivity contribution in [2.24, 2.45) is 10.9 Å². The summed E-state index contributed by atoms with van der Waals surface area (Å²) < 4.78 is 33.2. The number of nitrogens with zero attached hydrogens (tertiary/aromatic N) is 2. The van der Waals surface area contributed by atoms with Gasteiger partial charge >= 0.3 is 6.09 Å². The number of halogens is 1. The van der Waals surface area contributed by atoms with Crippen LogP contribution in [-0.4, -0.2) is 56.7 Å². The fraction of sp³-hybridized carbons (Fsp3) is 0.517. The van der Waals surface area contributed by atoms with Gasteiger partial charge in [0.05, 0.1) is 18.6 Å². The topological polar surface area (TPSA) is 85.3 Å². The Kier molecular flexibility index (Phi) is 10.0. The first-order valence-electron chi connectivity index (χ1n) is 13.0. The molecule has 1 saturated heterocycles. The number of hydrogen-bond donors (Lipinski definition) is 0. The van der Waals surface area contributed by atoms with E-state index in [1.165, 1.54) is 0 Å². The molecule has 1 amide bonds. The van der Waals surface area contributed by atoms with Crippen LogP contribution in [0, 0.1) is 5.92 Å². The molecule has 38 heavy (non-hydrogen) atoms. The van der Waals surface area contributed by atoms with E-state index in [1.807, 2.05) is 32.9 Å². The van der Waals surface area contributed by atoms with E-state index in [-0.39, 0.29) is 24.5 Å². The van der Waals surface area contributed by atoms with Crippen LogP contribution in [0.5, 0.6) is 0 Å². The molecular formula is C29H39ClN2O5S. The molecule has 0 aromatic heterocycles. The Bertz CT molecular complexity index is 1220. The zero-order chi connectivity index (χ0) is 28.1. The van der Waals surface area contributed by atoms with Crippen molar-refractivity contribution in [2.45, 2.75) is 64.4 Å². The molecule has 2 aliphatic rings. The van der Waals surface area contributed by atoms with Crippen LogP contribution < -0.4 is 0 Å². The van der Waals surface area contributed by atoms with Crippen LogP contribution in [0.2, 0.25) is 5.02 Å². The molecular weight excluding hydrogens is 524 g/mol. The van der Waals surface area contributed by atoms with Crippen LogP contribution in [0.1, 0.15) is 69.9 Å². The van der Waals surface area contributed by atoms with Crippen molar-refractivity contribution in [3.63, 3.8) is 0 Å². The van der Waals surface area contributed by atoms with Gasteiger partial charge in [-0.2, -0.15) is 8.42 Å². The number of rotatable bonds is 7. The predicted molar refractivity (Wildman–Crippen MR) is 154 cm³/mol. The summed E-state index contributed by atoms with van der Waals surface area (Å²) in [6.45, 7) is 15.2. The molecule has 0 bridgehead atoms. The molecule has 7 nitrogen and oxygen atoms in total. The van der Waals surface area contributed by atoms with Crippen molar-refractivity contribution in [3.05, 3.63) is 64.9 Å². The zero-order valence-corrected chi connectivity index (χ0v) is 24.4. The molecule has 1 fully saturated rings. The third-order valence-electron chi connectivity index (χ3n) is 6.67. The molecule has 3 rings (SSSR count). The van der Waals surface area contributed by atoms with Gasteiger partial charge in [-0.15, -0.1) is 0 Å². The van der Waals surface area contributed by atoms with Gasteiger partial charge in [0.25, 0.3) is 10.1 Å². The summed E-state index contributed by atoms with van der Waals surface area (Å²) in [5.41, 5.74) is 4.48. The van der Waals surface area contributed by atoms with E-state index < -0.39 is 15.7 Å². The first kappa shape index (κ1) is 30.1. The van der Waals surface area contributed by atoms with E-state index in [1.54, 1.807) is 11.1 Å². The number of amides is 1. The van der Waals surface area contributed by atoms with E-state index in [0.717, 1.165) is 47.1 Å². The largest absolute Gasteiger partial charge is 0.444 e. The molecule has 1 aromatic carbocycles. The average Bonchev–Trinajstić information content (AvgIpc) is 2.80. The van der Waals surface area contributed by atoms with Gasteiger partial charge in [-0.05, 0) is 87.6 Å². The van der Waals surface area contributed by atoms with Crippen molar-refractivity contribution in [1.29, 1.82) is 0 Å². The van der Waals surface area contributed by atoms with E-state index >= 15 is 0 Å². The molecule has 0 spiro atoms. The smallest absolute Gasteiger partial charge is 0.410 e. The SMILES string of the molecule is C=CN=C1C(=C)C/C(CCCOS(C)(=O)=O)=C\c2cc(Cl)ccc2C1C1CCN(C(=O)OC(C)(C)C)CC1. The van der Waals surface area contributed by atoms with Crippen molar-refractivity contribution < 1.29 is 22.1 Å². The zero-order valence-electron chi connectivity index (χ0n) is 22.8. The number of fused-ring (bicyclic) bond motifs is 1. The fourth-order valence-corrected chi connectivity index (χ4v) is 5.72. The first-order valence-corrected chi connectivity index (χ1v) is 15.1. The molecule has 1 aromatic rings. The van der Waals surface area contributed by atoms with E-state index in [9.17, 15) is 13.2 Å². The molecule has 0 radical (unpaired) electrons. The number of carbonyl (C=O) groups is 1. The van der Waals surface area contributed by atoms with Gasteiger partial charge in [-0.3, -0.25) is 9.18 Å². The summed E-state index contributed by atoms with van der Waals surface area (Å²) in [6.07, 6.45) is 7.89. The predicted octanol–water partition coefficient (Wildman–Crippen LogP) is 6.75. The van der Waals surface area contributed by atoms with Gasteiger partial charge in [-0.25, -0.2) is 4.79 Å². The Morgan fingerprint density at radius 2 is 1.95 bits per heavy atom. The number of allylic oxidation sites excluding steroid dienone is 2.